The van der Waals surface area contributed by atoms with Crippen LogP contribution >= 0.6 is 0 Å². The highest BCUT2D eigenvalue weighted by molar-refractivity contribution is 7.92. The summed E-state index contributed by atoms with van der Waals surface area (Å²) >= 11 is 0. The van der Waals surface area contributed by atoms with Crippen LogP contribution in [0, 0.1) is 53.7 Å². The Bertz CT molecular complexity index is 1930. The Morgan fingerprint density at radius 1 is 0.750 bits per heavy atom. The largest absolute Gasteiger partial charge is 0.512 e. The van der Waals surface area contributed by atoms with Crippen molar-refractivity contribution in [2.24, 2.45) is 0 Å². The van der Waals surface area contributed by atoms with E-state index >= 15 is 0 Å². The molecule has 0 saturated heterocycles. The van der Waals surface area contributed by atoms with Crippen LogP contribution in [-0.2, 0) is 32.5 Å². The van der Waals surface area contributed by atoms with Crippen molar-refractivity contribution in [1.29, 1.82) is 15.8 Å². The van der Waals surface area contributed by atoms with Crippen LogP contribution in [0.25, 0.3) is 25.8 Å². The highest BCUT2D eigenvalue weighted by Crippen LogP contribution is 2.41. The minimum Gasteiger partial charge on any atom is -0.238 e. The summed E-state index contributed by atoms with van der Waals surface area (Å²) in [5, 5.41) is 25.3. The van der Waals surface area contributed by atoms with E-state index in [9.17, 15) is 59.0 Å². The number of fused-ring (bicyclic) bond motifs is 2. The zero-order chi connectivity index (χ0) is 30.6. The van der Waals surface area contributed by atoms with E-state index in [0.717, 1.165) is 0 Å². The molecule has 0 heterocycles. The van der Waals surface area contributed by atoms with E-state index < -0.39 is 109 Å². The average molecular weight is 594 g/mol. The number of benzene rings is 1. The molecule has 0 spiro atoms. The van der Waals surface area contributed by atoms with Gasteiger partial charge in [-0.15, -0.1) is 0 Å². The van der Waals surface area contributed by atoms with Gasteiger partial charge in [0.05, 0.1) is 27.5 Å². The van der Waals surface area contributed by atoms with Crippen LogP contribution in [0.5, 0.6) is 0 Å². The van der Waals surface area contributed by atoms with Gasteiger partial charge < -0.3 is 0 Å². The molecule has 40 heavy (non-hydrogen) atoms. The van der Waals surface area contributed by atoms with E-state index in [-0.39, 0.29) is 0 Å². The molecular formula is C22H4F6N6O4S2. The Labute approximate surface area is 220 Å². The lowest BCUT2D eigenvalue weighted by atomic mass is 10.0. The molecule has 0 atom stereocenters. The van der Waals surface area contributed by atoms with Gasteiger partial charge in [0.25, 0.3) is 19.7 Å². The molecule has 0 unspecified atom stereocenters. The second-order valence-electron chi connectivity index (χ2n) is 7.67. The molecule has 0 amide bonds. The smallest absolute Gasteiger partial charge is 0.238 e. The predicted molar refractivity (Wildman–Crippen MR) is 117 cm³/mol. The topological polar surface area (TPSA) is 153 Å². The molecular weight excluding hydrogens is 590 g/mol. The molecule has 2 aliphatic carbocycles. The number of halogens is 6. The van der Waals surface area contributed by atoms with Gasteiger partial charge in [-0.3, -0.25) is 0 Å². The predicted octanol–water partition coefficient (Wildman–Crippen LogP) is 2.48. The normalized spacial score (nSPS) is 14.6. The minimum absolute atomic E-state index is 0.833. The lowest BCUT2D eigenvalue weighted by Gasteiger charge is -2.18. The molecule has 0 N–H and O–H groups in total. The van der Waals surface area contributed by atoms with Crippen LogP contribution in [0.1, 0.15) is 11.1 Å². The summed E-state index contributed by atoms with van der Waals surface area (Å²) < 4.78 is 135. The van der Waals surface area contributed by atoms with Crippen molar-refractivity contribution in [3.05, 3.63) is 78.4 Å². The Morgan fingerprint density at radius 2 is 1.18 bits per heavy atom. The molecule has 0 bridgehead atoms. The molecule has 1 aromatic carbocycles. The van der Waals surface area contributed by atoms with Crippen molar-refractivity contribution >= 4 is 30.9 Å². The van der Waals surface area contributed by atoms with Crippen molar-refractivity contribution in [3.63, 3.8) is 0 Å². The SMILES string of the molecule is [C-]#[N+]C([N+]#[C-])=C1Cc2c(S(=O)(=O)C(F)(F)F)c3c(c(S(=O)(=O)C(F)(F)F)c2=C1[N+]#[C-])CC(=C(C#N)C#N)C=3C#N. The zero-order valence-electron chi connectivity index (χ0n) is 18.8. The van der Waals surface area contributed by atoms with Gasteiger partial charge in [0.15, 0.2) is 5.70 Å². The first kappa shape index (κ1) is 29.4. The maximum atomic E-state index is 13.9. The van der Waals surface area contributed by atoms with Crippen molar-refractivity contribution in [2.75, 3.05) is 0 Å². The molecule has 18 heteroatoms. The second-order valence-corrected chi connectivity index (χ2v) is 11.4. The lowest BCUT2D eigenvalue weighted by Crippen LogP contribution is -2.39. The van der Waals surface area contributed by atoms with E-state index in [4.69, 9.17) is 19.7 Å². The van der Waals surface area contributed by atoms with Crippen molar-refractivity contribution < 1.29 is 43.2 Å². The molecule has 3 rings (SSSR count). The van der Waals surface area contributed by atoms with Gasteiger partial charge in [0, 0.05) is 22.4 Å². The third-order valence-electron chi connectivity index (χ3n) is 5.76. The van der Waals surface area contributed by atoms with E-state index in [1.165, 1.54) is 18.2 Å². The summed E-state index contributed by atoms with van der Waals surface area (Å²) in [6.45, 7) is 21.6. The maximum Gasteiger partial charge on any atom is 0.512 e. The number of hydrogen-bond acceptors (Lipinski definition) is 7. The summed E-state index contributed by atoms with van der Waals surface area (Å²) in [7, 11) is -13.3. The van der Waals surface area contributed by atoms with Gasteiger partial charge >= 0.3 is 16.8 Å². The summed E-state index contributed by atoms with van der Waals surface area (Å²) in [5.41, 5.74) is -20.1. The summed E-state index contributed by atoms with van der Waals surface area (Å²) in [6.07, 6.45) is -2.55. The van der Waals surface area contributed by atoms with E-state index in [0.29, 0.717) is 0 Å². The number of alkyl halides is 6. The number of allylic oxidation sites excluding steroid dienone is 2. The maximum absolute atomic E-state index is 13.9. The van der Waals surface area contributed by atoms with Gasteiger partial charge in [-0.1, -0.05) is 0 Å². The Hall–Kier alpha value is -5.14. The van der Waals surface area contributed by atoms with E-state index in [1.54, 1.807) is 0 Å². The highest BCUT2D eigenvalue weighted by Gasteiger charge is 2.54. The molecule has 0 aliphatic heterocycles. The monoisotopic (exact) mass is 594 g/mol. The second kappa shape index (κ2) is 9.25. The molecule has 2 aliphatic rings. The van der Waals surface area contributed by atoms with Crippen LogP contribution in [0.2, 0.25) is 0 Å². The molecule has 0 aromatic heterocycles. The molecule has 0 saturated carbocycles. The first-order chi connectivity index (χ1) is 18.4. The average Bonchev–Trinajstić information content (AvgIpc) is 3.40. The minimum atomic E-state index is -6.65. The third-order valence-corrected chi connectivity index (χ3v) is 8.96. The zero-order valence-corrected chi connectivity index (χ0v) is 20.4. The van der Waals surface area contributed by atoms with Gasteiger partial charge in [-0.2, -0.15) is 51.8 Å². The van der Waals surface area contributed by atoms with Gasteiger partial charge in [-0.05, 0) is 17.5 Å². The van der Waals surface area contributed by atoms with Gasteiger partial charge in [-0.25, -0.2) is 21.7 Å². The van der Waals surface area contributed by atoms with Crippen LogP contribution in [0.3, 0.4) is 0 Å². The first-order valence-electron chi connectivity index (χ1n) is 9.79. The van der Waals surface area contributed by atoms with Crippen molar-refractivity contribution in [3.8, 4) is 18.2 Å². The molecule has 1 aromatic rings. The number of sulfone groups is 2. The Kier molecular flexibility index (Phi) is 6.80. The number of rotatable bonds is 2. The number of nitrogens with zero attached hydrogens (tertiary/aromatic N) is 6. The molecule has 10 nitrogen and oxygen atoms in total. The van der Waals surface area contributed by atoms with Crippen molar-refractivity contribution in [1.82, 2.24) is 0 Å². The van der Waals surface area contributed by atoms with Crippen LogP contribution in [-0.4, -0.2) is 27.9 Å². The standard InChI is InChI=1S/C22H4F6N6O4S2/c1-32-17-13(20(33-2)34-3)5-12-16(17)19(40(37,38)22(26,27)28)11-4-10(9(6-29)7-30)14(8-31)15(11)18(12)39(35,36)21(23,24)25/h4-5H2. The first-order valence-corrected chi connectivity index (χ1v) is 12.8. The van der Waals surface area contributed by atoms with Gasteiger partial charge in [0.2, 0.25) is 0 Å². The fourth-order valence-electron chi connectivity index (χ4n) is 4.27. The summed E-state index contributed by atoms with van der Waals surface area (Å²) in [4.78, 5) is 4.56. The number of hydrogen-bond donors (Lipinski definition) is 0. The fraction of sp³-hybridized carbons (Fsp3) is 0.182. The molecule has 0 radical (unpaired) electrons. The summed E-state index contributed by atoms with van der Waals surface area (Å²) in [5.74, 6) is -1.06. The van der Waals surface area contributed by atoms with Gasteiger partial charge in [0.1, 0.15) is 36.9 Å². The van der Waals surface area contributed by atoms with E-state index in [1.807, 2.05) is 0 Å². The quantitative estimate of drug-likeness (QED) is 0.290. The molecule has 200 valence electrons. The van der Waals surface area contributed by atoms with Crippen LogP contribution in [0.15, 0.2) is 32.3 Å². The highest BCUT2D eigenvalue weighted by atomic mass is 32.2. The summed E-state index contributed by atoms with van der Waals surface area (Å²) in [6, 6.07) is 3.77. The third kappa shape index (κ3) is 3.87. The van der Waals surface area contributed by atoms with E-state index in [2.05, 4.69) is 14.5 Å². The van der Waals surface area contributed by atoms with Crippen LogP contribution in [0.4, 0.5) is 26.3 Å². The lowest BCUT2D eigenvalue weighted by molar-refractivity contribution is -0.0445. The van der Waals surface area contributed by atoms with Crippen molar-refractivity contribution in [2.45, 2.75) is 33.6 Å². The number of nitriles is 3. The molecule has 0 fully saturated rings. The fourth-order valence-corrected chi connectivity index (χ4v) is 6.71. The van der Waals surface area contributed by atoms with Crippen LogP contribution < -0.4 is 10.4 Å². The Morgan fingerprint density at radius 3 is 1.55 bits per heavy atom. The Balaban J connectivity index is 3.02.